The van der Waals surface area contributed by atoms with Crippen molar-refractivity contribution >= 4 is 64.6 Å². The van der Waals surface area contributed by atoms with Crippen molar-refractivity contribution in [3.8, 4) is 45.0 Å². The van der Waals surface area contributed by atoms with Crippen LogP contribution in [0.5, 0.6) is 0 Å². The van der Waals surface area contributed by atoms with E-state index in [0.29, 0.717) is 5.82 Å². The molecule has 0 aliphatic heterocycles. The van der Waals surface area contributed by atoms with Crippen LogP contribution in [0.4, 0.5) is 0 Å². The Balaban J connectivity index is 1.23. The van der Waals surface area contributed by atoms with Crippen LogP contribution in [0.1, 0.15) is 0 Å². The zero-order valence-electron chi connectivity index (χ0n) is 28.1. The molecule has 0 N–H and O–H groups in total. The second kappa shape index (κ2) is 11.3. The lowest BCUT2D eigenvalue weighted by molar-refractivity contribution is 1.18. The van der Waals surface area contributed by atoms with Crippen LogP contribution in [-0.4, -0.2) is 15.0 Å². The summed E-state index contributed by atoms with van der Waals surface area (Å²) >= 11 is 0. The molecule has 2 aromatic heterocycles. The van der Waals surface area contributed by atoms with E-state index in [1.54, 1.807) is 0 Å². The first-order valence-corrected chi connectivity index (χ1v) is 17.7. The SMILES string of the molecule is c1ccc(-c2nc(-c3ccc(-c4ccncc4)cc3)cc(-c3cc4ccc5cccc6c7cccc8ccc9cccc(c(c3)c4c56)c9c87)n2)cc1. The lowest BCUT2D eigenvalue weighted by Crippen LogP contribution is -1.96. The van der Waals surface area contributed by atoms with E-state index in [1.807, 2.05) is 42.7 Å². The highest BCUT2D eigenvalue weighted by Gasteiger charge is 2.18. The lowest BCUT2D eigenvalue weighted by Gasteiger charge is -2.17. The summed E-state index contributed by atoms with van der Waals surface area (Å²) in [5.41, 5.74) is 7.14. The van der Waals surface area contributed by atoms with Gasteiger partial charge in [0.25, 0.3) is 0 Å². The van der Waals surface area contributed by atoms with Gasteiger partial charge in [-0.2, -0.15) is 0 Å². The zero-order valence-corrected chi connectivity index (χ0v) is 28.1. The highest BCUT2D eigenvalue weighted by Crippen LogP contribution is 2.44. The van der Waals surface area contributed by atoms with Gasteiger partial charge in [0.15, 0.2) is 5.82 Å². The van der Waals surface area contributed by atoms with Gasteiger partial charge in [-0.05, 0) is 106 Å². The third-order valence-electron chi connectivity index (χ3n) is 10.7. The van der Waals surface area contributed by atoms with Gasteiger partial charge in [-0.1, -0.05) is 133 Å². The van der Waals surface area contributed by atoms with Crippen molar-refractivity contribution in [1.82, 2.24) is 15.0 Å². The standard InChI is InChI=1S/C49H29N3/c1-2-7-36(8-3-1)49-51-43(32-17-15-30(16-18-32)31-23-25-50-26-24-31)29-44(52-49)38-27-37-22-21-35-10-5-13-40-39-12-4-9-33-19-20-34-11-6-14-41(47(34)45(33)39)42(28-38)48(37)46(35)40/h1-29H. The fraction of sp³-hybridized carbons (Fsp3) is 0. The Kier molecular flexibility index (Phi) is 6.25. The molecule has 0 unspecified atom stereocenters. The second-order valence-corrected chi connectivity index (χ2v) is 13.6. The molecule has 0 amide bonds. The molecule has 11 rings (SSSR count). The minimum atomic E-state index is 0.704. The third kappa shape index (κ3) is 4.43. The van der Waals surface area contributed by atoms with E-state index < -0.39 is 0 Å². The summed E-state index contributed by atoms with van der Waals surface area (Å²) in [7, 11) is 0. The van der Waals surface area contributed by atoms with Gasteiger partial charge in [-0.3, -0.25) is 4.98 Å². The number of benzene rings is 8. The van der Waals surface area contributed by atoms with Crippen molar-refractivity contribution in [2.45, 2.75) is 0 Å². The fourth-order valence-electron chi connectivity index (χ4n) is 8.27. The van der Waals surface area contributed by atoms with Crippen molar-refractivity contribution in [2.24, 2.45) is 0 Å². The quantitative estimate of drug-likeness (QED) is 0.177. The Morgan fingerprint density at radius 1 is 0.288 bits per heavy atom. The summed E-state index contributed by atoms with van der Waals surface area (Å²) in [6.45, 7) is 0. The highest BCUT2D eigenvalue weighted by atomic mass is 14.9. The molecule has 0 bridgehead atoms. The molecule has 0 aliphatic carbocycles. The first-order chi connectivity index (χ1) is 25.8. The van der Waals surface area contributed by atoms with Crippen LogP contribution in [0.2, 0.25) is 0 Å². The maximum atomic E-state index is 5.27. The first-order valence-electron chi connectivity index (χ1n) is 17.7. The van der Waals surface area contributed by atoms with E-state index in [2.05, 4.69) is 138 Å². The Labute approximate surface area is 299 Å². The van der Waals surface area contributed by atoms with Crippen LogP contribution in [0.3, 0.4) is 0 Å². The number of hydrogen-bond donors (Lipinski definition) is 0. The molecule has 3 heteroatoms. The molecule has 0 radical (unpaired) electrons. The maximum absolute atomic E-state index is 5.27. The van der Waals surface area contributed by atoms with Crippen LogP contribution in [0.15, 0.2) is 176 Å². The van der Waals surface area contributed by atoms with E-state index in [9.17, 15) is 0 Å². The lowest BCUT2D eigenvalue weighted by atomic mass is 9.87. The fourth-order valence-corrected chi connectivity index (χ4v) is 8.27. The van der Waals surface area contributed by atoms with E-state index in [1.165, 1.54) is 64.6 Å². The molecule has 11 aromatic rings. The molecule has 0 fully saturated rings. The number of rotatable bonds is 4. The molecule has 0 spiro atoms. The summed E-state index contributed by atoms with van der Waals surface area (Å²) in [5, 5.41) is 15.1. The number of pyridine rings is 1. The van der Waals surface area contributed by atoms with E-state index in [4.69, 9.17) is 9.97 Å². The zero-order chi connectivity index (χ0) is 34.2. The van der Waals surface area contributed by atoms with Gasteiger partial charge in [0.1, 0.15) is 0 Å². The minimum Gasteiger partial charge on any atom is -0.265 e. The number of nitrogens with zero attached hydrogens (tertiary/aromatic N) is 3. The molecule has 0 atom stereocenters. The van der Waals surface area contributed by atoms with E-state index >= 15 is 0 Å². The molecule has 9 aromatic carbocycles. The summed E-state index contributed by atoms with van der Waals surface area (Å²) in [6.07, 6.45) is 3.66. The van der Waals surface area contributed by atoms with Crippen LogP contribution in [0.25, 0.3) is 110 Å². The van der Waals surface area contributed by atoms with Crippen molar-refractivity contribution in [2.75, 3.05) is 0 Å². The molecule has 0 aliphatic rings. The number of hydrogen-bond acceptors (Lipinski definition) is 3. The van der Waals surface area contributed by atoms with Gasteiger partial charge in [0, 0.05) is 29.1 Å². The van der Waals surface area contributed by atoms with Gasteiger partial charge in [0.05, 0.1) is 11.4 Å². The van der Waals surface area contributed by atoms with Crippen molar-refractivity contribution in [3.63, 3.8) is 0 Å². The Bertz CT molecular complexity index is 3150. The van der Waals surface area contributed by atoms with Crippen molar-refractivity contribution < 1.29 is 0 Å². The Morgan fingerprint density at radius 3 is 1.40 bits per heavy atom. The predicted octanol–water partition coefficient (Wildman–Crippen LogP) is 12.9. The van der Waals surface area contributed by atoms with Crippen molar-refractivity contribution in [3.05, 3.63) is 176 Å². The average Bonchev–Trinajstić information content (AvgIpc) is 3.22. The topological polar surface area (TPSA) is 38.7 Å². The van der Waals surface area contributed by atoms with Crippen LogP contribution >= 0.6 is 0 Å². The average molecular weight is 660 g/mol. The molecular formula is C49H29N3. The van der Waals surface area contributed by atoms with Crippen LogP contribution in [0, 0.1) is 0 Å². The predicted molar refractivity (Wildman–Crippen MR) is 218 cm³/mol. The normalized spacial score (nSPS) is 11.8. The van der Waals surface area contributed by atoms with Gasteiger partial charge in [0.2, 0.25) is 0 Å². The molecule has 52 heavy (non-hydrogen) atoms. The minimum absolute atomic E-state index is 0.704. The Hall–Kier alpha value is -6.97. The van der Waals surface area contributed by atoms with Crippen molar-refractivity contribution in [1.29, 1.82) is 0 Å². The molecular weight excluding hydrogens is 631 g/mol. The van der Waals surface area contributed by atoms with Gasteiger partial charge < -0.3 is 0 Å². The van der Waals surface area contributed by atoms with E-state index in [-0.39, 0.29) is 0 Å². The third-order valence-corrected chi connectivity index (χ3v) is 10.7. The van der Waals surface area contributed by atoms with Gasteiger partial charge in [-0.25, -0.2) is 9.97 Å². The summed E-state index contributed by atoms with van der Waals surface area (Å²) < 4.78 is 0. The molecule has 2 heterocycles. The van der Waals surface area contributed by atoms with Crippen LogP contribution in [-0.2, 0) is 0 Å². The summed E-state index contributed by atoms with van der Waals surface area (Å²) in [6, 6.07) is 59.1. The second-order valence-electron chi connectivity index (χ2n) is 13.6. The Morgan fingerprint density at radius 2 is 0.788 bits per heavy atom. The highest BCUT2D eigenvalue weighted by molar-refractivity contribution is 6.37. The number of aromatic nitrogens is 3. The van der Waals surface area contributed by atoms with E-state index in [0.717, 1.165) is 39.2 Å². The smallest absolute Gasteiger partial charge is 0.160 e. The maximum Gasteiger partial charge on any atom is 0.160 e. The molecule has 240 valence electrons. The largest absolute Gasteiger partial charge is 0.265 e. The molecule has 3 nitrogen and oxygen atoms in total. The number of fused-ring (bicyclic) bond motifs is 2. The molecule has 0 saturated heterocycles. The summed E-state index contributed by atoms with van der Waals surface area (Å²) in [4.78, 5) is 14.6. The van der Waals surface area contributed by atoms with Crippen LogP contribution < -0.4 is 0 Å². The summed E-state index contributed by atoms with van der Waals surface area (Å²) in [5.74, 6) is 0.704. The van der Waals surface area contributed by atoms with Gasteiger partial charge in [-0.15, -0.1) is 0 Å². The first kappa shape index (κ1) is 28.8. The molecule has 0 saturated carbocycles. The van der Waals surface area contributed by atoms with Gasteiger partial charge >= 0.3 is 0 Å². The monoisotopic (exact) mass is 659 g/mol.